The molecule has 2 aromatic carbocycles. The highest BCUT2D eigenvalue weighted by Crippen LogP contribution is 2.49. The number of ether oxygens (including phenoxy) is 2. The van der Waals surface area contributed by atoms with Gasteiger partial charge in [0.1, 0.15) is 18.5 Å². The van der Waals surface area contributed by atoms with Gasteiger partial charge >= 0.3 is 5.97 Å². The summed E-state index contributed by atoms with van der Waals surface area (Å²) in [6.07, 6.45) is 4.76. The molecule has 5 heteroatoms. The minimum atomic E-state index is -0.285. The molecule has 0 unspecified atom stereocenters. The largest absolute Gasteiger partial charge is 0.488 e. The van der Waals surface area contributed by atoms with Gasteiger partial charge in [-0.25, -0.2) is 4.79 Å². The molecule has 0 saturated carbocycles. The van der Waals surface area contributed by atoms with Crippen molar-refractivity contribution in [2.24, 2.45) is 16.6 Å². The van der Waals surface area contributed by atoms with Crippen molar-refractivity contribution in [3.63, 3.8) is 0 Å². The van der Waals surface area contributed by atoms with E-state index in [1.165, 1.54) is 11.8 Å². The van der Waals surface area contributed by atoms with E-state index in [4.69, 9.17) is 15.2 Å². The van der Waals surface area contributed by atoms with Crippen LogP contribution in [-0.4, -0.2) is 18.8 Å². The lowest BCUT2D eigenvalue weighted by molar-refractivity contribution is -0.139. The summed E-state index contributed by atoms with van der Waals surface area (Å²) in [5.41, 5.74) is 12.5. The van der Waals surface area contributed by atoms with Crippen LogP contribution >= 0.6 is 0 Å². The summed E-state index contributed by atoms with van der Waals surface area (Å²) in [5, 5.41) is 0. The number of aryl methyl sites for hydroxylation is 1. The van der Waals surface area contributed by atoms with Crippen molar-refractivity contribution in [3.05, 3.63) is 82.6 Å². The number of nitrogens with zero attached hydrogens (tertiary/aromatic N) is 1. The smallest absolute Gasteiger partial charge is 0.334 e. The molecule has 1 aliphatic heterocycles. The SMILES string of the molecule is C=C1C(=O)O[C@H]2c3c(C)c(OCC(C=Nc4ccccc4)=CN)cc(C)c3CC[C@@H]12. The summed E-state index contributed by atoms with van der Waals surface area (Å²) >= 11 is 0. The second kappa shape index (κ2) is 8.19. The Balaban J connectivity index is 1.56. The minimum Gasteiger partial charge on any atom is -0.488 e. The van der Waals surface area contributed by atoms with Gasteiger partial charge < -0.3 is 15.2 Å². The summed E-state index contributed by atoms with van der Waals surface area (Å²) in [5.74, 6) is 0.537. The van der Waals surface area contributed by atoms with Crippen molar-refractivity contribution in [1.82, 2.24) is 0 Å². The lowest BCUT2D eigenvalue weighted by Crippen LogP contribution is -2.20. The van der Waals surface area contributed by atoms with Gasteiger partial charge in [-0.05, 0) is 61.6 Å². The van der Waals surface area contributed by atoms with E-state index in [9.17, 15) is 4.79 Å². The first kappa shape index (κ1) is 20.0. The number of benzene rings is 2. The van der Waals surface area contributed by atoms with Gasteiger partial charge in [0.25, 0.3) is 0 Å². The normalized spacial score (nSPS) is 20.8. The highest BCUT2D eigenvalue weighted by molar-refractivity contribution is 5.91. The van der Waals surface area contributed by atoms with Crippen LogP contribution in [0.15, 0.2) is 65.3 Å². The molecule has 2 atom stereocenters. The van der Waals surface area contributed by atoms with E-state index in [0.717, 1.165) is 46.5 Å². The quantitative estimate of drug-likeness (QED) is 0.449. The molecule has 2 aromatic rings. The van der Waals surface area contributed by atoms with Crippen LogP contribution in [0, 0.1) is 19.8 Å². The number of nitrogens with two attached hydrogens (primary N) is 1. The van der Waals surface area contributed by atoms with Crippen molar-refractivity contribution < 1.29 is 14.3 Å². The Kier molecular flexibility index (Phi) is 5.44. The van der Waals surface area contributed by atoms with Crippen LogP contribution in [0.2, 0.25) is 0 Å². The van der Waals surface area contributed by atoms with Crippen molar-refractivity contribution in [2.75, 3.05) is 6.61 Å². The molecule has 4 rings (SSSR count). The number of fused-ring (bicyclic) bond motifs is 3. The van der Waals surface area contributed by atoms with Gasteiger partial charge in [0.15, 0.2) is 0 Å². The molecule has 5 nitrogen and oxygen atoms in total. The predicted molar refractivity (Wildman–Crippen MR) is 118 cm³/mol. The summed E-state index contributed by atoms with van der Waals surface area (Å²) < 4.78 is 11.8. The molecule has 0 bridgehead atoms. The molecule has 0 aromatic heterocycles. The van der Waals surface area contributed by atoms with Crippen LogP contribution in [0.3, 0.4) is 0 Å². The molecule has 0 spiro atoms. The first-order chi connectivity index (χ1) is 14.5. The fourth-order valence-electron chi connectivity index (χ4n) is 4.28. The van der Waals surface area contributed by atoms with Crippen LogP contribution in [-0.2, 0) is 16.0 Å². The molecule has 1 aliphatic carbocycles. The van der Waals surface area contributed by atoms with E-state index in [0.29, 0.717) is 12.2 Å². The molecular weight excluding hydrogens is 376 g/mol. The van der Waals surface area contributed by atoms with Gasteiger partial charge in [-0.1, -0.05) is 24.8 Å². The average Bonchev–Trinajstić information content (AvgIpc) is 3.05. The fourth-order valence-corrected chi connectivity index (χ4v) is 4.28. The Morgan fingerprint density at radius 1 is 1.33 bits per heavy atom. The van der Waals surface area contributed by atoms with E-state index >= 15 is 0 Å². The number of carbonyl (C=O) groups is 1. The van der Waals surface area contributed by atoms with E-state index in [1.54, 1.807) is 6.21 Å². The molecule has 1 heterocycles. The Bertz CT molecular complexity index is 1050. The zero-order valence-electron chi connectivity index (χ0n) is 17.4. The molecule has 154 valence electrons. The lowest BCUT2D eigenvalue weighted by Gasteiger charge is -2.30. The lowest BCUT2D eigenvalue weighted by atomic mass is 9.76. The number of aliphatic imine (C=N–C) groups is 1. The van der Waals surface area contributed by atoms with Crippen LogP contribution < -0.4 is 10.5 Å². The second-order valence-electron chi connectivity index (χ2n) is 7.83. The third kappa shape index (κ3) is 3.63. The molecule has 0 radical (unpaired) electrons. The number of hydrogen-bond donors (Lipinski definition) is 1. The summed E-state index contributed by atoms with van der Waals surface area (Å²) in [6, 6.07) is 11.7. The van der Waals surface area contributed by atoms with Crippen LogP contribution in [0.1, 0.15) is 34.8 Å². The number of carbonyl (C=O) groups excluding carboxylic acids is 1. The Hall–Kier alpha value is -3.34. The summed E-state index contributed by atoms with van der Waals surface area (Å²) in [4.78, 5) is 16.5. The first-order valence-corrected chi connectivity index (χ1v) is 10.1. The molecule has 2 aliphatic rings. The predicted octanol–water partition coefficient (Wildman–Crippen LogP) is 4.64. The van der Waals surface area contributed by atoms with Gasteiger partial charge in [0.2, 0.25) is 0 Å². The third-order valence-corrected chi connectivity index (χ3v) is 5.97. The van der Waals surface area contributed by atoms with Gasteiger partial charge in [-0.3, -0.25) is 4.99 Å². The number of para-hydroxylation sites is 1. The fraction of sp³-hybridized carbons (Fsp3) is 0.280. The van der Waals surface area contributed by atoms with E-state index in [-0.39, 0.29) is 18.0 Å². The second-order valence-corrected chi connectivity index (χ2v) is 7.83. The molecule has 30 heavy (non-hydrogen) atoms. The van der Waals surface area contributed by atoms with E-state index in [1.807, 2.05) is 37.3 Å². The topological polar surface area (TPSA) is 73.9 Å². The number of esters is 1. The van der Waals surface area contributed by atoms with Gasteiger partial charge in [0, 0.05) is 35.0 Å². The van der Waals surface area contributed by atoms with Crippen LogP contribution in [0.25, 0.3) is 0 Å². The standard InChI is InChI=1S/C25H26N2O3/c1-15-11-22(29-14-18(12-26)13-27-19-7-5-4-6-8-19)17(3)23-20(15)9-10-21-16(2)25(28)30-24(21)23/h4-8,11-13,21,24H,2,9-10,14,26H2,1,3H3/t21-,24+/m0/s1. The van der Waals surface area contributed by atoms with E-state index < -0.39 is 0 Å². The van der Waals surface area contributed by atoms with Crippen LogP contribution in [0.4, 0.5) is 5.69 Å². The maximum absolute atomic E-state index is 12.1. The molecule has 1 saturated heterocycles. The van der Waals surface area contributed by atoms with E-state index in [2.05, 4.69) is 24.6 Å². The minimum absolute atomic E-state index is 0.0517. The van der Waals surface area contributed by atoms with Crippen molar-refractivity contribution in [1.29, 1.82) is 0 Å². The Labute approximate surface area is 176 Å². The highest BCUT2D eigenvalue weighted by atomic mass is 16.6. The summed E-state index contributed by atoms with van der Waals surface area (Å²) in [7, 11) is 0. The highest BCUT2D eigenvalue weighted by Gasteiger charge is 2.44. The summed E-state index contributed by atoms with van der Waals surface area (Å²) in [6.45, 7) is 8.34. The number of hydrogen-bond acceptors (Lipinski definition) is 5. The maximum Gasteiger partial charge on any atom is 0.334 e. The van der Waals surface area contributed by atoms with Gasteiger partial charge in [-0.2, -0.15) is 0 Å². The molecule has 2 N–H and O–H groups in total. The number of rotatable bonds is 5. The average molecular weight is 402 g/mol. The van der Waals surface area contributed by atoms with Crippen molar-refractivity contribution in [2.45, 2.75) is 32.8 Å². The first-order valence-electron chi connectivity index (χ1n) is 10.1. The van der Waals surface area contributed by atoms with Gasteiger partial charge in [-0.15, -0.1) is 0 Å². The monoisotopic (exact) mass is 402 g/mol. The Morgan fingerprint density at radius 3 is 2.83 bits per heavy atom. The van der Waals surface area contributed by atoms with Gasteiger partial charge in [0.05, 0.1) is 5.69 Å². The van der Waals surface area contributed by atoms with Crippen LogP contribution in [0.5, 0.6) is 5.75 Å². The Morgan fingerprint density at radius 2 is 2.10 bits per heavy atom. The zero-order valence-corrected chi connectivity index (χ0v) is 17.4. The molecule has 1 fully saturated rings. The van der Waals surface area contributed by atoms with Crippen molar-refractivity contribution in [3.8, 4) is 5.75 Å². The maximum atomic E-state index is 12.1. The molecular formula is C25H26N2O3. The molecule has 0 amide bonds. The van der Waals surface area contributed by atoms with Crippen molar-refractivity contribution >= 4 is 17.9 Å². The third-order valence-electron chi connectivity index (χ3n) is 5.97. The zero-order chi connectivity index (χ0) is 21.3.